The summed E-state index contributed by atoms with van der Waals surface area (Å²) in [5.74, 6) is 0.176. The zero-order chi connectivity index (χ0) is 18.5. The zero-order valence-electron chi connectivity index (χ0n) is 16.1. The van der Waals surface area contributed by atoms with Gasteiger partial charge >= 0.3 is 0 Å². The third-order valence-corrected chi connectivity index (χ3v) is 5.82. The summed E-state index contributed by atoms with van der Waals surface area (Å²) in [4.78, 5) is 31.5. The Kier molecular flexibility index (Phi) is 6.30. The number of rotatable bonds is 6. The van der Waals surface area contributed by atoms with Crippen LogP contribution in [0.5, 0.6) is 0 Å². The maximum atomic E-state index is 12.9. The molecule has 0 N–H and O–H groups in total. The molecule has 2 saturated heterocycles. The zero-order valence-corrected chi connectivity index (χ0v) is 16.1. The molecule has 5 heteroatoms. The summed E-state index contributed by atoms with van der Waals surface area (Å²) in [5.41, 5.74) is 1.31. The van der Waals surface area contributed by atoms with Gasteiger partial charge in [-0.25, -0.2) is 0 Å². The molecule has 2 amide bonds. The molecule has 1 atom stereocenters. The minimum absolute atomic E-state index is 0.149. The van der Waals surface area contributed by atoms with E-state index in [0.29, 0.717) is 13.0 Å². The van der Waals surface area contributed by atoms with Crippen molar-refractivity contribution in [2.24, 2.45) is 5.92 Å². The maximum absolute atomic E-state index is 12.9. The normalized spacial score (nSPS) is 21.7. The van der Waals surface area contributed by atoms with Crippen LogP contribution < -0.4 is 0 Å². The molecule has 1 aromatic rings. The van der Waals surface area contributed by atoms with Crippen molar-refractivity contribution >= 4 is 11.8 Å². The number of hydrogen-bond donors (Lipinski definition) is 0. The first-order valence-electron chi connectivity index (χ1n) is 9.96. The van der Waals surface area contributed by atoms with E-state index in [1.54, 1.807) is 0 Å². The summed E-state index contributed by atoms with van der Waals surface area (Å²) in [6.07, 6.45) is 2.31. The highest BCUT2D eigenvalue weighted by molar-refractivity contribution is 5.89. The second kappa shape index (κ2) is 8.67. The van der Waals surface area contributed by atoms with Crippen LogP contribution in [0.4, 0.5) is 0 Å². The second-order valence-corrected chi connectivity index (χ2v) is 7.50. The van der Waals surface area contributed by atoms with Crippen LogP contribution in [0.1, 0.15) is 38.7 Å². The lowest BCUT2D eigenvalue weighted by atomic mass is 10.1. The van der Waals surface area contributed by atoms with E-state index in [2.05, 4.69) is 43.0 Å². The molecule has 2 heterocycles. The number of hydrogen-bond acceptors (Lipinski definition) is 3. The highest BCUT2D eigenvalue weighted by atomic mass is 16.2. The summed E-state index contributed by atoms with van der Waals surface area (Å²) in [6, 6.07) is 10.7. The van der Waals surface area contributed by atoms with E-state index in [9.17, 15) is 9.59 Å². The lowest BCUT2D eigenvalue weighted by Gasteiger charge is -2.36. The summed E-state index contributed by atoms with van der Waals surface area (Å²) in [5, 5.41) is 0. The number of benzene rings is 1. The van der Waals surface area contributed by atoms with Crippen LogP contribution in [-0.4, -0.2) is 65.3 Å². The van der Waals surface area contributed by atoms with Gasteiger partial charge in [0.2, 0.25) is 11.8 Å². The molecule has 0 bridgehead atoms. The molecule has 2 fully saturated rings. The maximum Gasteiger partial charge on any atom is 0.228 e. The summed E-state index contributed by atoms with van der Waals surface area (Å²) >= 11 is 0. The third-order valence-electron chi connectivity index (χ3n) is 5.82. The van der Waals surface area contributed by atoms with Crippen LogP contribution in [0, 0.1) is 5.92 Å². The first-order valence-corrected chi connectivity index (χ1v) is 9.96. The number of carbonyl (C=O) groups is 2. The Morgan fingerprint density at radius 2 is 1.73 bits per heavy atom. The Labute approximate surface area is 156 Å². The number of piperazine rings is 1. The standard InChI is InChI=1S/C21H31N3O2/c1-3-19(4-2)24-16-18(14-20(24)25)21(26)23-12-10-22(11-13-23)15-17-8-6-5-7-9-17/h5-9,18-19H,3-4,10-16H2,1-2H3. The lowest BCUT2D eigenvalue weighted by Crippen LogP contribution is -2.50. The van der Waals surface area contributed by atoms with Crippen LogP contribution in [0.3, 0.4) is 0 Å². The van der Waals surface area contributed by atoms with Gasteiger partial charge in [0, 0.05) is 51.7 Å². The van der Waals surface area contributed by atoms with E-state index in [4.69, 9.17) is 0 Å². The van der Waals surface area contributed by atoms with E-state index in [0.717, 1.165) is 45.6 Å². The van der Waals surface area contributed by atoms with Gasteiger partial charge in [-0.3, -0.25) is 14.5 Å². The van der Waals surface area contributed by atoms with Crippen molar-refractivity contribution in [2.75, 3.05) is 32.7 Å². The Bertz CT molecular complexity index is 607. The van der Waals surface area contributed by atoms with Gasteiger partial charge in [-0.15, -0.1) is 0 Å². The summed E-state index contributed by atoms with van der Waals surface area (Å²) in [6.45, 7) is 9.10. The van der Waals surface area contributed by atoms with Crippen LogP contribution in [0.25, 0.3) is 0 Å². The Morgan fingerprint density at radius 1 is 1.08 bits per heavy atom. The van der Waals surface area contributed by atoms with Gasteiger partial charge in [0.1, 0.15) is 0 Å². The predicted octanol–water partition coefficient (Wildman–Crippen LogP) is 2.37. The first-order chi connectivity index (χ1) is 12.6. The molecular weight excluding hydrogens is 326 g/mol. The van der Waals surface area contributed by atoms with Gasteiger partial charge in [0.15, 0.2) is 0 Å². The second-order valence-electron chi connectivity index (χ2n) is 7.50. The predicted molar refractivity (Wildman–Crippen MR) is 102 cm³/mol. The molecular formula is C21H31N3O2. The van der Waals surface area contributed by atoms with E-state index in [-0.39, 0.29) is 23.8 Å². The molecule has 2 aliphatic heterocycles. The largest absolute Gasteiger partial charge is 0.340 e. The van der Waals surface area contributed by atoms with Gasteiger partial charge in [-0.1, -0.05) is 44.2 Å². The van der Waals surface area contributed by atoms with Gasteiger partial charge in [-0.05, 0) is 18.4 Å². The van der Waals surface area contributed by atoms with Gasteiger partial charge in [0.05, 0.1) is 5.92 Å². The van der Waals surface area contributed by atoms with Crippen molar-refractivity contribution in [3.63, 3.8) is 0 Å². The van der Waals surface area contributed by atoms with Gasteiger partial charge in [0.25, 0.3) is 0 Å². The molecule has 5 nitrogen and oxygen atoms in total. The van der Waals surface area contributed by atoms with E-state index < -0.39 is 0 Å². The molecule has 0 spiro atoms. The molecule has 2 aliphatic rings. The van der Waals surface area contributed by atoms with Crippen LogP contribution >= 0.6 is 0 Å². The SMILES string of the molecule is CCC(CC)N1CC(C(=O)N2CCN(Cc3ccccc3)CC2)CC1=O. The van der Waals surface area contributed by atoms with Crippen molar-refractivity contribution in [3.05, 3.63) is 35.9 Å². The first kappa shape index (κ1) is 18.9. The molecule has 0 saturated carbocycles. The molecule has 0 aromatic heterocycles. The Hall–Kier alpha value is -1.88. The van der Waals surface area contributed by atoms with Gasteiger partial charge in [-0.2, -0.15) is 0 Å². The van der Waals surface area contributed by atoms with Crippen molar-refractivity contribution in [1.82, 2.24) is 14.7 Å². The molecule has 1 unspecified atom stereocenters. The number of nitrogens with zero attached hydrogens (tertiary/aromatic N) is 3. The number of amides is 2. The molecule has 0 aliphatic carbocycles. The fraction of sp³-hybridized carbons (Fsp3) is 0.619. The lowest BCUT2D eigenvalue weighted by molar-refractivity contribution is -0.137. The molecule has 142 valence electrons. The van der Waals surface area contributed by atoms with Crippen LogP contribution in [0.15, 0.2) is 30.3 Å². The molecule has 26 heavy (non-hydrogen) atoms. The van der Waals surface area contributed by atoms with Crippen molar-refractivity contribution < 1.29 is 9.59 Å². The Morgan fingerprint density at radius 3 is 2.35 bits per heavy atom. The highest BCUT2D eigenvalue weighted by Crippen LogP contribution is 2.25. The number of carbonyl (C=O) groups excluding carboxylic acids is 2. The average Bonchev–Trinajstić information content (AvgIpc) is 3.05. The Balaban J connectivity index is 1.50. The summed E-state index contributed by atoms with van der Waals surface area (Å²) < 4.78 is 0. The third kappa shape index (κ3) is 4.26. The van der Waals surface area contributed by atoms with Gasteiger partial charge < -0.3 is 9.80 Å². The minimum Gasteiger partial charge on any atom is -0.340 e. The van der Waals surface area contributed by atoms with Crippen molar-refractivity contribution in [1.29, 1.82) is 0 Å². The van der Waals surface area contributed by atoms with Crippen molar-refractivity contribution in [2.45, 2.75) is 45.7 Å². The van der Waals surface area contributed by atoms with Crippen molar-refractivity contribution in [3.8, 4) is 0 Å². The van der Waals surface area contributed by atoms with Crippen LogP contribution in [0.2, 0.25) is 0 Å². The smallest absolute Gasteiger partial charge is 0.228 e. The monoisotopic (exact) mass is 357 g/mol. The fourth-order valence-electron chi connectivity index (χ4n) is 4.21. The fourth-order valence-corrected chi connectivity index (χ4v) is 4.21. The molecule has 3 rings (SSSR count). The molecule has 0 radical (unpaired) electrons. The van der Waals surface area contributed by atoms with E-state index in [1.807, 2.05) is 15.9 Å². The minimum atomic E-state index is -0.149. The van der Waals surface area contributed by atoms with E-state index >= 15 is 0 Å². The quantitative estimate of drug-likeness (QED) is 0.785. The van der Waals surface area contributed by atoms with E-state index in [1.165, 1.54) is 5.56 Å². The molecule has 1 aromatic carbocycles. The average molecular weight is 357 g/mol. The van der Waals surface area contributed by atoms with Crippen LogP contribution in [-0.2, 0) is 16.1 Å². The summed E-state index contributed by atoms with van der Waals surface area (Å²) in [7, 11) is 0. The number of likely N-dealkylation sites (tertiary alicyclic amines) is 1. The topological polar surface area (TPSA) is 43.9 Å². The highest BCUT2D eigenvalue weighted by Gasteiger charge is 2.39.